The molecule has 1 saturated heterocycles. The van der Waals surface area contributed by atoms with E-state index in [1.807, 2.05) is 0 Å². The van der Waals surface area contributed by atoms with E-state index in [-0.39, 0.29) is 0 Å². The molecule has 1 saturated carbocycles. The maximum Gasteiger partial charge on any atom is 0.0771 e. The van der Waals surface area contributed by atoms with Crippen molar-refractivity contribution in [3.05, 3.63) is 0 Å². The standard InChI is InChI=1S/C15H30N2O/c1-12-5-7-15(18,8-6-12)11-17-13(2)10-14-4-3-9-16-14/h12-14,16-18H,3-11H2,1-2H3. The summed E-state index contributed by atoms with van der Waals surface area (Å²) in [5, 5.41) is 17.6. The van der Waals surface area contributed by atoms with E-state index in [1.54, 1.807) is 0 Å². The molecule has 2 fully saturated rings. The van der Waals surface area contributed by atoms with Gasteiger partial charge >= 0.3 is 0 Å². The van der Waals surface area contributed by atoms with Crippen LogP contribution in [-0.2, 0) is 0 Å². The van der Waals surface area contributed by atoms with Crippen LogP contribution in [-0.4, -0.2) is 35.9 Å². The fourth-order valence-corrected chi connectivity index (χ4v) is 3.31. The van der Waals surface area contributed by atoms with E-state index in [9.17, 15) is 5.11 Å². The van der Waals surface area contributed by atoms with Crippen LogP contribution < -0.4 is 10.6 Å². The Morgan fingerprint density at radius 2 is 2.06 bits per heavy atom. The van der Waals surface area contributed by atoms with Crippen LogP contribution in [0.15, 0.2) is 0 Å². The maximum atomic E-state index is 10.5. The van der Waals surface area contributed by atoms with Gasteiger partial charge in [-0.25, -0.2) is 0 Å². The Hall–Kier alpha value is -0.120. The van der Waals surface area contributed by atoms with Crippen molar-refractivity contribution in [3.63, 3.8) is 0 Å². The highest BCUT2D eigenvalue weighted by atomic mass is 16.3. The normalized spacial score (nSPS) is 38.8. The monoisotopic (exact) mass is 254 g/mol. The number of rotatable bonds is 5. The number of aliphatic hydroxyl groups is 1. The van der Waals surface area contributed by atoms with E-state index in [2.05, 4.69) is 24.5 Å². The van der Waals surface area contributed by atoms with Crippen LogP contribution in [0.2, 0.25) is 0 Å². The van der Waals surface area contributed by atoms with E-state index in [0.29, 0.717) is 12.1 Å². The molecule has 2 aliphatic rings. The second kappa shape index (κ2) is 6.36. The average molecular weight is 254 g/mol. The van der Waals surface area contributed by atoms with Crippen molar-refractivity contribution < 1.29 is 5.11 Å². The van der Waals surface area contributed by atoms with E-state index in [4.69, 9.17) is 0 Å². The molecular formula is C15H30N2O. The van der Waals surface area contributed by atoms with Gasteiger partial charge in [0.15, 0.2) is 0 Å². The largest absolute Gasteiger partial charge is 0.389 e. The van der Waals surface area contributed by atoms with Crippen molar-refractivity contribution in [2.45, 2.75) is 76.5 Å². The van der Waals surface area contributed by atoms with Crippen LogP contribution in [0, 0.1) is 5.92 Å². The van der Waals surface area contributed by atoms with Crippen molar-refractivity contribution in [3.8, 4) is 0 Å². The highest BCUT2D eigenvalue weighted by Crippen LogP contribution is 2.31. The van der Waals surface area contributed by atoms with Crippen LogP contribution in [0.3, 0.4) is 0 Å². The summed E-state index contributed by atoms with van der Waals surface area (Å²) in [7, 11) is 0. The first-order chi connectivity index (χ1) is 8.57. The zero-order chi connectivity index (χ0) is 13.0. The third-order valence-corrected chi connectivity index (χ3v) is 4.79. The van der Waals surface area contributed by atoms with Crippen molar-refractivity contribution in [1.82, 2.24) is 10.6 Å². The zero-order valence-corrected chi connectivity index (χ0v) is 12.0. The lowest BCUT2D eigenvalue weighted by molar-refractivity contribution is -0.00811. The fraction of sp³-hybridized carbons (Fsp3) is 1.00. The highest BCUT2D eigenvalue weighted by Gasteiger charge is 2.31. The Kier molecular flexibility index (Phi) is 5.05. The molecule has 0 spiro atoms. The molecule has 0 radical (unpaired) electrons. The number of hydrogen-bond acceptors (Lipinski definition) is 3. The quantitative estimate of drug-likeness (QED) is 0.703. The van der Waals surface area contributed by atoms with Gasteiger partial charge in [0, 0.05) is 18.6 Å². The Labute approximate surface area is 112 Å². The molecule has 3 heteroatoms. The smallest absolute Gasteiger partial charge is 0.0771 e. The Balaban J connectivity index is 1.66. The molecule has 0 amide bonds. The summed E-state index contributed by atoms with van der Waals surface area (Å²) < 4.78 is 0. The van der Waals surface area contributed by atoms with Crippen molar-refractivity contribution in [2.24, 2.45) is 5.92 Å². The summed E-state index contributed by atoms with van der Waals surface area (Å²) in [6.45, 7) is 6.49. The van der Waals surface area contributed by atoms with Gasteiger partial charge in [-0.15, -0.1) is 0 Å². The van der Waals surface area contributed by atoms with E-state index in [0.717, 1.165) is 25.3 Å². The van der Waals surface area contributed by atoms with E-state index < -0.39 is 5.60 Å². The van der Waals surface area contributed by atoms with Crippen LogP contribution in [0.4, 0.5) is 0 Å². The third kappa shape index (κ3) is 4.22. The van der Waals surface area contributed by atoms with Gasteiger partial charge in [-0.1, -0.05) is 6.92 Å². The molecule has 3 N–H and O–H groups in total. The Morgan fingerprint density at radius 3 is 2.67 bits per heavy atom. The third-order valence-electron chi connectivity index (χ3n) is 4.79. The zero-order valence-electron chi connectivity index (χ0n) is 12.0. The lowest BCUT2D eigenvalue weighted by Gasteiger charge is -2.36. The minimum atomic E-state index is -0.441. The number of nitrogens with one attached hydrogen (secondary N) is 2. The molecule has 0 aromatic carbocycles. The van der Waals surface area contributed by atoms with Gasteiger partial charge < -0.3 is 15.7 Å². The van der Waals surface area contributed by atoms with Gasteiger partial charge in [-0.2, -0.15) is 0 Å². The lowest BCUT2D eigenvalue weighted by Crippen LogP contribution is -2.46. The van der Waals surface area contributed by atoms with Crippen LogP contribution in [0.5, 0.6) is 0 Å². The summed E-state index contributed by atoms with van der Waals surface area (Å²) in [5.41, 5.74) is -0.441. The van der Waals surface area contributed by atoms with Gasteiger partial charge in [0.25, 0.3) is 0 Å². The summed E-state index contributed by atoms with van der Waals surface area (Å²) >= 11 is 0. The molecule has 18 heavy (non-hydrogen) atoms. The first-order valence-electron chi connectivity index (χ1n) is 7.76. The molecule has 1 aliphatic carbocycles. The Morgan fingerprint density at radius 1 is 1.33 bits per heavy atom. The van der Waals surface area contributed by atoms with Gasteiger partial charge in [-0.05, 0) is 64.3 Å². The second-order valence-electron chi connectivity index (χ2n) is 6.72. The molecule has 0 aromatic rings. The predicted octanol–water partition coefficient (Wildman–Crippen LogP) is 2.05. The van der Waals surface area contributed by atoms with Crippen LogP contribution in [0.25, 0.3) is 0 Å². The molecule has 106 valence electrons. The summed E-state index contributed by atoms with van der Waals surface area (Å²) in [6.07, 6.45) is 8.11. The van der Waals surface area contributed by atoms with E-state index in [1.165, 1.54) is 38.6 Å². The minimum Gasteiger partial charge on any atom is -0.389 e. The minimum absolute atomic E-state index is 0.441. The second-order valence-corrected chi connectivity index (χ2v) is 6.72. The maximum absolute atomic E-state index is 10.5. The van der Waals surface area contributed by atoms with Gasteiger partial charge in [0.05, 0.1) is 5.60 Å². The lowest BCUT2D eigenvalue weighted by atomic mass is 9.79. The molecular weight excluding hydrogens is 224 g/mol. The predicted molar refractivity (Wildman–Crippen MR) is 75.7 cm³/mol. The van der Waals surface area contributed by atoms with Crippen molar-refractivity contribution in [1.29, 1.82) is 0 Å². The van der Waals surface area contributed by atoms with Gasteiger partial charge in [-0.3, -0.25) is 0 Å². The molecule has 0 bridgehead atoms. The topological polar surface area (TPSA) is 44.3 Å². The van der Waals surface area contributed by atoms with Gasteiger partial charge in [0.1, 0.15) is 0 Å². The van der Waals surface area contributed by atoms with Gasteiger partial charge in [0.2, 0.25) is 0 Å². The molecule has 3 nitrogen and oxygen atoms in total. The first-order valence-corrected chi connectivity index (χ1v) is 7.76. The van der Waals surface area contributed by atoms with Crippen LogP contribution in [0.1, 0.15) is 58.8 Å². The van der Waals surface area contributed by atoms with Crippen molar-refractivity contribution in [2.75, 3.05) is 13.1 Å². The molecule has 1 aliphatic heterocycles. The average Bonchev–Trinajstić information content (AvgIpc) is 2.84. The SMILES string of the molecule is CC1CCC(O)(CNC(C)CC2CCCN2)CC1. The molecule has 2 atom stereocenters. The fourth-order valence-electron chi connectivity index (χ4n) is 3.31. The van der Waals surface area contributed by atoms with E-state index >= 15 is 0 Å². The summed E-state index contributed by atoms with van der Waals surface area (Å²) in [6, 6.07) is 1.19. The molecule has 2 unspecified atom stereocenters. The molecule has 1 heterocycles. The summed E-state index contributed by atoms with van der Waals surface area (Å²) in [4.78, 5) is 0. The molecule has 2 rings (SSSR count). The molecule has 0 aromatic heterocycles. The number of hydrogen-bond donors (Lipinski definition) is 3. The van der Waals surface area contributed by atoms with Crippen LogP contribution >= 0.6 is 0 Å². The van der Waals surface area contributed by atoms with Crippen molar-refractivity contribution >= 4 is 0 Å². The first kappa shape index (κ1) is 14.3. The Bertz CT molecular complexity index is 243. The highest BCUT2D eigenvalue weighted by molar-refractivity contribution is 4.88. The summed E-state index contributed by atoms with van der Waals surface area (Å²) in [5.74, 6) is 0.797.